The van der Waals surface area contributed by atoms with Crippen molar-refractivity contribution in [3.63, 3.8) is 0 Å². The summed E-state index contributed by atoms with van der Waals surface area (Å²) in [6.07, 6.45) is 2.92. The fraction of sp³-hybridized carbons (Fsp3) is 0.800. The van der Waals surface area contributed by atoms with Gasteiger partial charge in [-0.05, 0) is 27.0 Å². The Morgan fingerprint density at radius 2 is 1.93 bits per heavy atom. The van der Waals surface area contributed by atoms with Gasteiger partial charge in [-0.3, -0.25) is 0 Å². The highest BCUT2D eigenvalue weighted by atomic mass is 32.2. The maximum Gasteiger partial charge on any atom is 0.230 e. The van der Waals surface area contributed by atoms with Gasteiger partial charge in [-0.2, -0.15) is 11.8 Å². The smallest absolute Gasteiger partial charge is 0.230 e. The van der Waals surface area contributed by atoms with Crippen LogP contribution in [0.15, 0.2) is 4.42 Å². The molecule has 0 unspecified atom stereocenters. The molecule has 0 aromatic carbocycles. The van der Waals surface area contributed by atoms with Crippen LogP contribution in [0.5, 0.6) is 0 Å². The fourth-order valence-corrected chi connectivity index (χ4v) is 1.37. The first-order chi connectivity index (χ1) is 7.01. The number of nitrogens with one attached hydrogen (secondary N) is 1. The van der Waals surface area contributed by atoms with Crippen molar-refractivity contribution in [2.45, 2.75) is 39.3 Å². The molecule has 15 heavy (non-hydrogen) atoms. The minimum Gasteiger partial charge on any atom is -0.424 e. The average Bonchev–Trinajstić information content (AvgIpc) is 2.58. The third-order valence-corrected chi connectivity index (χ3v) is 2.41. The zero-order valence-corrected chi connectivity index (χ0v) is 10.6. The van der Waals surface area contributed by atoms with Crippen LogP contribution < -0.4 is 5.32 Å². The van der Waals surface area contributed by atoms with Crippen molar-refractivity contribution >= 4 is 11.8 Å². The normalized spacial score (nSPS) is 12.0. The van der Waals surface area contributed by atoms with Crippen LogP contribution in [0.1, 0.15) is 32.6 Å². The summed E-state index contributed by atoms with van der Waals surface area (Å²) in [7, 11) is 0. The Morgan fingerprint density at radius 3 is 2.53 bits per heavy atom. The summed E-state index contributed by atoms with van der Waals surface area (Å²) in [5, 5.41) is 11.3. The van der Waals surface area contributed by atoms with Gasteiger partial charge in [0.1, 0.15) is 0 Å². The first-order valence-electron chi connectivity index (χ1n) is 5.06. The molecule has 0 radical (unpaired) electrons. The van der Waals surface area contributed by atoms with Gasteiger partial charge in [-0.1, -0.05) is 0 Å². The van der Waals surface area contributed by atoms with E-state index < -0.39 is 0 Å². The number of hydrogen-bond donors (Lipinski definition) is 1. The molecule has 0 fully saturated rings. The van der Waals surface area contributed by atoms with Crippen LogP contribution in [-0.2, 0) is 13.0 Å². The predicted molar refractivity (Wildman–Crippen MR) is 63.0 cm³/mol. The molecule has 0 saturated carbocycles. The second kappa shape index (κ2) is 5.51. The Kier molecular flexibility index (Phi) is 4.60. The van der Waals surface area contributed by atoms with Crippen molar-refractivity contribution < 1.29 is 4.42 Å². The van der Waals surface area contributed by atoms with E-state index in [-0.39, 0.29) is 5.54 Å². The van der Waals surface area contributed by atoms with Crippen LogP contribution in [0.4, 0.5) is 0 Å². The van der Waals surface area contributed by atoms with Crippen molar-refractivity contribution in [2.75, 3.05) is 12.0 Å². The summed E-state index contributed by atoms with van der Waals surface area (Å²) in [6.45, 7) is 6.96. The van der Waals surface area contributed by atoms with Crippen molar-refractivity contribution in [2.24, 2.45) is 0 Å². The van der Waals surface area contributed by atoms with E-state index in [9.17, 15) is 0 Å². The molecule has 0 aliphatic rings. The zero-order chi connectivity index (χ0) is 11.3. The van der Waals surface area contributed by atoms with Crippen LogP contribution in [0.3, 0.4) is 0 Å². The molecule has 1 heterocycles. The molecule has 0 atom stereocenters. The second-order valence-electron chi connectivity index (χ2n) is 4.44. The molecule has 5 heteroatoms. The van der Waals surface area contributed by atoms with Gasteiger partial charge in [0.25, 0.3) is 0 Å². The zero-order valence-electron chi connectivity index (χ0n) is 9.83. The summed E-state index contributed by atoms with van der Waals surface area (Å²) in [5.41, 5.74) is 0.0773. The van der Waals surface area contributed by atoms with E-state index in [0.29, 0.717) is 12.4 Å². The molecular formula is C10H19N3OS. The molecule has 0 saturated heterocycles. The average molecular weight is 229 g/mol. The maximum absolute atomic E-state index is 5.48. The molecular weight excluding hydrogens is 210 g/mol. The lowest BCUT2D eigenvalue weighted by molar-refractivity contribution is 0.372. The van der Waals surface area contributed by atoms with Crippen molar-refractivity contribution in [1.29, 1.82) is 0 Å². The standard InChI is InChI=1S/C10H19N3OS/c1-10(2,3)11-7-9-13-12-8(14-9)5-6-15-4/h11H,5-7H2,1-4H3. The van der Waals surface area contributed by atoms with Crippen LogP contribution in [0.25, 0.3) is 0 Å². The molecule has 4 nitrogen and oxygen atoms in total. The SMILES string of the molecule is CSCCc1nnc(CNC(C)(C)C)o1. The number of thioether (sulfide) groups is 1. The summed E-state index contributed by atoms with van der Waals surface area (Å²) < 4.78 is 5.48. The molecule has 1 aromatic heterocycles. The van der Waals surface area contributed by atoms with Crippen LogP contribution in [0.2, 0.25) is 0 Å². The van der Waals surface area contributed by atoms with Gasteiger partial charge in [0.15, 0.2) is 0 Å². The number of rotatable bonds is 5. The highest BCUT2D eigenvalue weighted by Crippen LogP contribution is 2.06. The third-order valence-electron chi connectivity index (χ3n) is 1.80. The fourth-order valence-electron chi connectivity index (χ4n) is 0.991. The van der Waals surface area contributed by atoms with E-state index in [1.807, 2.05) is 0 Å². The van der Waals surface area contributed by atoms with Gasteiger partial charge in [-0.25, -0.2) is 0 Å². The van der Waals surface area contributed by atoms with Crippen LogP contribution in [0, 0.1) is 0 Å². The lowest BCUT2D eigenvalue weighted by Gasteiger charge is -2.18. The van der Waals surface area contributed by atoms with Crippen LogP contribution in [-0.4, -0.2) is 27.7 Å². The molecule has 0 aliphatic heterocycles. The molecule has 0 bridgehead atoms. The Hall–Kier alpha value is -0.550. The lowest BCUT2D eigenvalue weighted by atomic mass is 10.1. The van der Waals surface area contributed by atoms with Gasteiger partial charge < -0.3 is 9.73 Å². The molecule has 0 aliphatic carbocycles. The van der Waals surface area contributed by atoms with Crippen molar-refractivity contribution in [3.8, 4) is 0 Å². The first-order valence-corrected chi connectivity index (χ1v) is 6.46. The third kappa shape index (κ3) is 5.18. The predicted octanol–water partition coefficient (Wildman–Crippen LogP) is 1.86. The van der Waals surface area contributed by atoms with Crippen LogP contribution >= 0.6 is 11.8 Å². The Bertz CT molecular complexity index is 293. The number of hydrogen-bond acceptors (Lipinski definition) is 5. The van der Waals surface area contributed by atoms with E-state index >= 15 is 0 Å². The minimum absolute atomic E-state index is 0.0773. The van der Waals surface area contributed by atoms with Crippen molar-refractivity contribution in [1.82, 2.24) is 15.5 Å². The first kappa shape index (κ1) is 12.5. The maximum atomic E-state index is 5.48. The highest BCUT2D eigenvalue weighted by molar-refractivity contribution is 7.98. The number of nitrogens with zero attached hydrogens (tertiary/aromatic N) is 2. The Balaban J connectivity index is 2.39. The molecule has 1 aromatic rings. The number of aryl methyl sites for hydroxylation is 1. The van der Waals surface area contributed by atoms with E-state index in [1.165, 1.54) is 0 Å². The molecule has 1 rings (SSSR count). The van der Waals surface area contributed by atoms with Gasteiger partial charge in [0, 0.05) is 17.7 Å². The number of aromatic nitrogens is 2. The van der Waals surface area contributed by atoms with Gasteiger partial charge in [-0.15, -0.1) is 10.2 Å². The summed E-state index contributed by atoms with van der Waals surface area (Å²) in [4.78, 5) is 0. The Morgan fingerprint density at radius 1 is 1.27 bits per heavy atom. The minimum atomic E-state index is 0.0773. The molecule has 0 spiro atoms. The summed E-state index contributed by atoms with van der Waals surface area (Å²) >= 11 is 1.78. The molecule has 86 valence electrons. The highest BCUT2D eigenvalue weighted by Gasteiger charge is 2.11. The van der Waals surface area contributed by atoms with Crippen molar-refractivity contribution in [3.05, 3.63) is 11.8 Å². The van der Waals surface area contributed by atoms with Gasteiger partial charge in [0.2, 0.25) is 11.8 Å². The van der Waals surface area contributed by atoms with Gasteiger partial charge in [0.05, 0.1) is 6.54 Å². The van der Waals surface area contributed by atoms with Gasteiger partial charge >= 0.3 is 0 Å². The molecule has 1 N–H and O–H groups in total. The topological polar surface area (TPSA) is 51.0 Å². The van der Waals surface area contributed by atoms with E-state index in [0.717, 1.165) is 18.1 Å². The van der Waals surface area contributed by atoms with E-state index in [1.54, 1.807) is 11.8 Å². The van der Waals surface area contributed by atoms with E-state index in [4.69, 9.17) is 4.42 Å². The molecule has 0 amide bonds. The summed E-state index contributed by atoms with van der Waals surface area (Å²) in [6, 6.07) is 0. The summed E-state index contributed by atoms with van der Waals surface area (Å²) in [5.74, 6) is 2.42. The van der Waals surface area contributed by atoms with E-state index in [2.05, 4.69) is 42.5 Å². The quantitative estimate of drug-likeness (QED) is 0.835. The second-order valence-corrected chi connectivity index (χ2v) is 5.42. The lowest BCUT2D eigenvalue weighted by Crippen LogP contribution is -2.35. The largest absolute Gasteiger partial charge is 0.424 e. The monoisotopic (exact) mass is 229 g/mol. The Labute approximate surface area is 95.2 Å².